The van der Waals surface area contributed by atoms with Gasteiger partial charge in [-0.3, -0.25) is 9.59 Å². The quantitative estimate of drug-likeness (QED) is 0.832. The molecule has 3 rings (SSSR count). The van der Waals surface area contributed by atoms with Gasteiger partial charge in [-0.2, -0.15) is 0 Å². The third-order valence-electron chi connectivity index (χ3n) is 4.32. The monoisotopic (exact) mass is 347 g/mol. The highest BCUT2D eigenvalue weighted by Crippen LogP contribution is 2.34. The maximum Gasteiger partial charge on any atom is 0.256 e. The highest BCUT2D eigenvalue weighted by molar-refractivity contribution is 6.05. The van der Waals surface area contributed by atoms with Crippen LogP contribution >= 0.6 is 0 Å². The van der Waals surface area contributed by atoms with E-state index in [-0.39, 0.29) is 24.3 Å². The summed E-state index contributed by atoms with van der Waals surface area (Å²) in [7, 11) is 0. The highest BCUT2D eigenvalue weighted by Gasteiger charge is 2.34. The maximum atomic E-state index is 13.1. The number of fused-ring (bicyclic) bond motifs is 1. The van der Waals surface area contributed by atoms with Gasteiger partial charge in [-0.05, 0) is 36.2 Å². The van der Waals surface area contributed by atoms with E-state index >= 15 is 0 Å². The molecule has 0 fully saturated rings. The van der Waals surface area contributed by atoms with Crippen molar-refractivity contribution in [3.05, 3.63) is 65.5 Å². The number of nitrogens with zero attached hydrogens (tertiary/aromatic N) is 1. The molecule has 0 heterocycles. The third kappa shape index (κ3) is 3.57. The van der Waals surface area contributed by atoms with Gasteiger partial charge in [-0.25, -0.2) is 13.2 Å². The van der Waals surface area contributed by atoms with Gasteiger partial charge >= 0.3 is 0 Å². The molecule has 2 aromatic carbocycles. The summed E-state index contributed by atoms with van der Waals surface area (Å²) >= 11 is 0. The molecule has 6 heteroatoms. The van der Waals surface area contributed by atoms with Crippen molar-refractivity contribution in [2.75, 3.05) is 11.4 Å². The fourth-order valence-electron chi connectivity index (χ4n) is 3.15. The van der Waals surface area contributed by atoms with Crippen LogP contribution in [-0.2, 0) is 4.79 Å². The Kier molecular flexibility index (Phi) is 4.88. The molecule has 0 saturated carbocycles. The van der Waals surface area contributed by atoms with Crippen LogP contribution in [0, 0.1) is 5.82 Å². The molecule has 0 saturated heterocycles. The fourth-order valence-corrected chi connectivity index (χ4v) is 3.15. The number of amides is 1. The van der Waals surface area contributed by atoms with E-state index < -0.39 is 30.6 Å². The van der Waals surface area contributed by atoms with Crippen molar-refractivity contribution in [3.63, 3.8) is 0 Å². The van der Waals surface area contributed by atoms with Crippen LogP contribution in [0.25, 0.3) is 0 Å². The number of alkyl halides is 2. The van der Waals surface area contributed by atoms with Crippen molar-refractivity contribution in [1.82, 2.24) is 0 Å². The molecule has 3 nitrogen and oxygen atoms in total. The SMILES string of the molecule is O=C1CCC(C(=O)N(CC(F)F)c2ccc(F)cc2)c2ccccc21. The van der Waals surface area contributed by atoms with Gasteiger partial charge in [0.2, 0.25) is 5.91 Å². The Hall–Kier alpha value is -2.63. The van der Waals surface area contributed by atoms with Crippen LogP contribution in [0.5, 0.6) is 0 Å². The number of hydrogen-bond donors (Lipinski definition) is 0. The number of rotatable bonds is 4. The summed E-state index contributed by atoms with van der Waals surface area (Å²) in [6.07, 6.45) is -2.26. The molecule has 1 aliphatic rings. The lowest BCUT2D eigenvalue weighted by Gasteiger charge is -2.30. The second-order valence-corrected chi connectivity index (χ2v) is 5.92. The molecule has 1 amide bonds. The van der Waals surface area contributed by atoms with Crippen molar-refractivity contribution in [2.24, 2.45) is 0 Å². The predicted molar refractivity (Wildman–Crippen MR) is 87.5 cm³/mol. The lowest BCUT2D eigenvalue weighted by Crippen LogP contribution is -2.40. The number of hydrogen-bond acceptors (Lipinski definition) is 2. The molecule has 0 radical (unpaired) electrons. The molecule has 0 bridgehead atoms. The highest BCUT2D eigenvalue weighted by atomic mass is 19.3. The standard InChI is InChI=1S/C19H16F3NO2/c20-12-5-7-13(8-6-12)23(11-18(21)22)19(25)16-9-10-17(24)15-4-2-1-3-14(15)16/h1-8,16,18H,9-11H2. The first-order valence-electron chi connectivity index (χ1n) is 7.94. The number of halogens is 3. The van der Waals surface area contributed by atoms with E-state index in [1.54, 1.807) is 24.3 Å². The summed E-state index contributed by atoms with van der Waals surface area (Å²) in [5.41, 5.74) is 1.23. The number of anilines is 1. The van der Waals surface area contributed by atoms with Crippen molar-refractivity contribution >= 4 is 17.4 Å². The lowest BCUT2D eigenvalue weighted by molar-refractivity contribution is -0.120. The van der Waals surface area contributed by atoms with Gasteiger partial charge in [0.1, 0.15) is 5.82 Å². The largest absolute Gasteiger partial charge is 0.306 e. The number of carbonyl (C=O) groups is 2. The zero-order chi connectivity index (χ0) is 18.0. The van der Waals surface area contributed by atoms with Gasteiger partial charge in [0.15, 0.2) is 5.78 Å². The van der Waals surface area contributed by atoms with Gasteiger partial charge in [-0.1, -0.05) is 24.3 Å². The summed E-state index contributed by atoms with van der Waals surface area (Å²) in [4.78, 5) is 26.0. The lowest BCUT2D eigenvalue weighted by atomic mass is 9.81. The van der Waals surface area contributed by atoms with Gasteiger partial charge in [0.25, 0.3) is 6.43 Å². The number of carbonyl (C=O) groups excluding carboxylic acids is 2. The average molecular weight is 347 g/mol. The van der Waals surface area contributed by atoms with E-state index in [1.165, 1.54) is 12.1 Å². The van der Waals surface area contributed by atoms with E-state index in [0.717, 1.165) is 17.0 Å². The smallest absolute Gasteiger partial charge is 0.256 e. The summed E-state index contributed by atoms with van der Waals surface area (Å²) in [6, 6.07) is 11.6. The van der Waals surface area contributed by atoms with Crippen molar-refractivity contribution < 1.29 is 22.8 Å². The molecule has 0 spiro atoms. The molecule has 2 aromatic rings. The third-order valence-corrected chi connectivity index (χ3v) is 4.32. The second-order valence-electron chi connectivity index (χ2n) is 5.92. The Morgan fingerprint density at radius 1 is 1.12 bits per heavy atom. The average Bonchev–Trinajstić information content (AvgIpc) is 2.60. The maximum absolute atomic E-state index is 13.1. The summed E-state index contributed by atoms with van der Waals surface area (Å²) in [5.74, 6) is -1.74. The van der Waals surface area contributed by atoms with Gasteiger partial charge < -0.3 is 4.90 Å². The minimum Gasteiger partial charge on any atom is -0.306 e. The normalized spacial score (nSPS) is 16.6. The van der Waals surface area contributed by atoms with Crippen LogP contribution in [0.1, 0.15) is 34.7 Å². The van der Waals surface area contributed by atoms with Crippen LogP contribution in [-0.4, -0.2) is 24.7 Å². The van der Waals surface area contributed by atoms with Crippen LogP contribution in [0.15, 0.2) is 48.5 Å². The predicted octanol–water partition coefficient (Wildman–Crippen LogP) is 4.18. The topological polar surface area (TPSA) is 37.4 Å². The number of benzene rings is 2. The van der Waals surface area contributed by atoms with E-state index in [1.807, 2.05) is 0 Å². The van der Waals surface area contributed by atoms with Crippen LogP contribution < -0.4 is 4.90 Å². The molecule has 130 valence electrons. The molecule has 0 aromatic heterocycles. The Bertz CT molecular complexity index is 790. The molecule has 0 aliphatic heterocycles. The molecule has 0 N–H and O–H groups in total. The molecule has 25 heavy (non-hydrogen) atoms. The van der Waals surface area contributed by atoms with Crippen LogP contribution in [0.3, 0.4) is 0 Å². The molecule has 1 aliphatic carbocycles. The second kappa shape index (κ2) is 7.09. The molecular weight excluding hydrogens is 331 g/mol. The van der Waals surface area contributed by atoms with Crippen molar-refractivity contribution in [3.8, 4) is 0 Å². The van der Waals surface area contributed by atoms with Crippen LogP contribution in [0.2, 0.25) is 0 Å². The van der Waals surface area contributed by atoms with Gasteiger partial charge in [0.05, 0.1) is 12.5 Å². The minimum absolute atomic E-state index is 0.0539. The first-order valence-corrected chi connectivity index (χ1v) is 7.94. The first kappa shape index (κ1) is 17.2. The van der Waals surface area contributed by atoms with Gasteiger partial charge in [0, 0.05) is 17.7 Å². The van der Waals surface area contributed by atoms with E-state index in [2.05, 4.69) is 0 Å². The summed E-state index contributed by atoms with van der Waals surface area (Å²) in [5, 5.41) is 0. The first-order chi connectivity index (χ1) is 12.0. The van der Waals surface area contributed by atoms with E-state index in [4.69, 9.17) is 0 Å². The Labute approximate surface area is 143 Å². The summed E-state index contributed by atoms with van der Waals surface area (Å²) in [6.45, 7) is -0.781. The van der Waals surface area contributed by atoms with E-state index in [0.29, 0.717) is 11.1 Å². The van der Waals surface area contributed by atoms with Crippen molar-refractivity contribution in [2.45, 2.75) is 25.2 Å². The van der Waals surface area contributed by atoms with Crippen molar-refractivity contribution in [1.29, 1.82) is 0 Å². The number of ketones is 1. The number of Topliss-reactive ketones (excluding diaryl/α,β-unsaturated/α-hetero) is 1. The van der Waals surface area contributed by atoms with E-state index in [9.17, 15) is 22.8 Å². The summed E-state index contributed by atoms with van der Waals surface area (Å²) < 4.78 is 39.1. The zero-order valence-electron chi connectivity index (χ0n) is 13.3. The fraction of sp³-hybridized carbons (Fsp3) is 0.263. The minimum atomic E-state index is -2.73. The molecule has 1 unspecified atom stereocenters. The Morgan fingerprint density at radius 3 is 2.48 bits per heavy atom. The van der Waals surface area contributed by atoms with Gasteiger partial charge in [-0.15, -0.1) is 0 Å². The Balaban J connectivity index is 1.97. The molecule has 1 atom stereocenters. The zero-order valence-corrected chi connectivity index (χ0v) is 13.3. The van der Waals surface area contributed by atoms with Crippen LogP contribution in [0.4, 0.5) is 18.9 Å². The Morgan fingerprint density at radius 2 is 1.80 bits per heavy atom. The molecular formula is C19H16F3NO2.